The minimum atomic E-state index is -0.774. The molecule has 114 valence electrons. The van der Waals surface area contributed by atoms with E-state index < -0.39 is 11.9 Å². The lowest BCUT2D eigenvalue weighted by atomic mass is 10.1. The molecule has 0 fully saturated rings. The average molecular weight is 290 g/mol. The van der Waals surface area contributed by atoms with Gasteiger partial charge in [0.25, 0.3) is 0 Å². The fraction of sp³-hybridized carbons (Fsp3) is 0.438. The first-order valence-corrected chi connectivity index (χ1v) is 7.17. The first kappa shape index (κ1) is 16.9. The van der Waals surface area contributed by atoms with Crippen molar-refractivity contribution in [3.63, 3.8) is 0 Å². The molecule has 2 amide bonds. The van der Waals surface area contributed by atoms with Crippen molar-refractivity contribution in [2.75, 3.05) is 0 Å². The van der Waals surface area contributed by atoms with Crippen molar-refractivity contribution in [1.82, 2.24) is 5.32 Å². The Hall–Kier alpha value is -2.17. The predicted octanol–water partition coefficient (Wildman–Crippen LogP) is 1.35. The standard InChI is InChI=1S/C16H22N2O3/c1-2-13(19)9-10-14(16(17)21)18-15(20)11-8-12-6-4-3-5-7-12/h3-7,14H,2,8-11H2,1H3,(H2,17,21)(H,18,20)/t14-/m1/s1. The molecule has 21 heavy (non-hydrogen) atoms. The Morgan fingerprint density at radius 1 is 1.14 bits per heavy atom. The highest BCUT2D eigenvalue weighted by Crippen LogP contribution is 2.04. The van der Waals surface area contributed by atoms with Gasteiger partial charge >= 0.3 is 0 Å². The van der Waals surface area contributed by atoms with Crippen molar-refractivity contribution in [1.29, 1.82) is 0 Å². The summed E-state index contributed by atoms with van der Waals surface area (Å²) in [7, 11) is 0. The van der Waals surface area contributed by atoms with Gasteiger partial charge in [-0.25, -0.2) is 0 Å². The molecule has 0 saturated carbocycles. The second-order valence-corrected chi connectivity index (χ2v) is 4.94. The number of hydrogen-bond acceptors (Lipinski definition) is 3. The van der Waals surface area contributed by atoms with E-state index in [1.165, 1.54) is 0 Å². The maximum absolute atomic E-state index is 11.8. The summed E-state index contributed by atoms with van der Waals surface area (Å²) in [5.41, 5.74) is 6.31. The molecule has 0 unspecified atom stereocenters. The molecule has 0 aromatic heterocycles. The van der Waals surface area contributed by atoms with Gasteiger partial charge in [0.15, 0.2) is 0 Å². The van der Waals surface area contributed by atoms with Crippen molar-refractivity contribution >= 4 is 17.6 Å². The van der Waals surface area contributed by atoms with Crippen LogP contribution in [0.4, 0.5) is 0 Å². The van der Waals surface area contributed by atoms with Crippen molar-refractivity contribution in [2.45, 2.75) is 45.1 Å². The Morgan fingerprint density at radius 2 is 1.81 bits per heavy atom. The molecular weight excluding hydrogens is 268 g/mol. The first-order chi connectivity index (χ1) is 10.0. The Labute approximate surface area is 124 Å². The van der Waals surface area contributed by atoms with Gasteiger partial charge in [0.2, 0.25) is 11.8 Å². The van der Waals surface area contributed by atoms with E-state index in [4.69, 9.17) is 5.73 Å². The summed E-state index contributed by atoms with van der Waals surface area (Å²) in [6, 6.07) is 8.85. The van der Waals surface area contributed by atoms with Crippen LogP contribution in [0.2, 0.25) is 0 Å². The molecule has 5 nitrogen and oxygen atoms in total. The molecule has 0 heterocycles. The Balaban J connectivity index is 2.41. The van der Waals surface area contributed by atoms with Gasteiger partial charge in [-0.1, -0.05) is 37.3 Å². The lowest BCUT2D eigenvalue weighted by molar-refractivity contribution is -0.128. The quantitative estimate of drug-likeness (QED) is 0.719. The van der Waals surface area contributed by atoms with Gasteiger partial charge in [-0.3, -0.25) is 14.4 Å². The van der Waals surface area contributed by atoms with E-state index in [2.05, 4.69) is 5.32 Å². The summed E-state index contributed by atoms with van der Waals surface area (Å²) in [4.78, 5) is 34.4. The number of carbonyl (C=O) groups excluding carboxylic acids is 3. The monoisotopic (exact) mass is 290 g/mol. The molecule has 3 N–H and O–H groups in total. The number of hydrogen-bond donors (Lipinski definition) is 2. The normalized spacial score (nSPS) is 11.7. The molecule has 1 aromatic carbocycles. The Kier molecular flexibility index (Phi) is 7.15. The molecular formula is C16H22N2O3. The fourth-order valence-corrected chi connectivity index (χ4v) is 1.94. The molecule has 5 heteroatoms. The van der Waals surface area contributed by atoms with E-state index in [9.17, 15) is 14.4 Å². The van der Waals surface area contributed by atoms with Crippen LogP contribution >= 0.6 is 0 Å². The lowest BCUT2D eigenvalue weighted by Gasteiger charge is -2.15. The van der Waals surface area contributed by atoms with Crippen LogP contribution < -0.4 is 11.1 Å². The molecule has 0 spiro atoms. The topological polar surface area (TPSA) is 89.3 Å². The molecule has 0 aliphatic heterocycles. The fourth-order valence-electron chi connectivity index (χ4n) is 1.94. The van der Waals surface area contributed by atoms with Gasteiger partial charge < -0.3 is 11.1 Å². The van der Waals surface area contributed by atoms with E-state index in [0.717, 1.165) is 5.56 Å². The van der Waals surface area contributed by atoms with Gasteiger partial charge in [0.05, 0.1) is 0 Å². The molecule has 1 aromatic rings. The maximum Gasteiger partial charge on any atom is 0.240 e. The number of rotatable bonds is 9. The molecule has 0 aliphatic rings. The van der Waals surface area contributed by atoms with Crippen LogP contribution in [0.3, 0.4) is 0 Å². The Morgan fingerprint density at radius 3 is 2.38 bits per heavy atom. The summed E-state index contributed by atoms with van der Waals surface area (Å²) in [6.07, 6.45) is 1.83. The molecule has 0 radical (unpaired) electrons. The average Bonchev–Trinajstić information content (AvgIpc) is 2.49. The van der Waals surface area contributed by atoms with Gasteiger partial charge in [-0.15, -0.1) is 0 Å². The number of aryl methyl sites for hydroxylation is 1. The van der Waals surface area contributed by atoms with Crippen LogP contribution in [0, 0.1) is 0 Å². The zero-order valence-corrected chi connectivity index (χ0v) is 12.3. The van der Waals surface area contributed by atoms with Crippen LogP contribution in [-0.4, -0.2) is 23.6 Å². The van der Waals surface area contributed by atoms with Crippen LogP contribution in [-0.2, 0) is 20.8 Å². The highest BCUT2D eigenvalue weighted by atomic mass is 16.2. The second kappa shape index (κ2) is 8.89. The summed E-state index contributed by atoms with van der Waals surface area (Å²) in [5, 5.41) is 2.60. The number of benzene rings is 1. The van der Waals surface area contributed by atoms with E-state index in [-0.39, 0.29) is 31.0 Å². The van der Waals surface area contributed by atoms with Crippen LogP contribution in [0.1, 0.15) is 38.2 Å². The number of ketones is 1. The third-order valence-corrected chi connectivity index (χ3v) is 3.27. The zero-order valence-electron chi connectivity index (χ0n) is 12.3. The molecule has 0 saturated heterocycles. The highest BCUT2D eigenvalue weighted by Gasteiger charge is 2.18. The van der Waals surface area contributed by atoms with Gasteiger partial charge in [-0.2, -0.15) is 0 Å². The third kappa shape index (κ3) is 6.70. The van der Waals surface area contributed by atoms with Crippen LogP contribution in [0.25, 0.3) is 0 Å². The lowest BCUT2D eigenvalue weighted by Crippen LogP contribution is -2.44. The number of primary amides is 1. The summed E-state index contributed by atoms with van der Waals surface area (Å²) < 4.78 is 0. The number of amides is 2. The van der Waals surface area contributed by atoms with Crippen molar-refractivity contribution < 1.29 is 14.4 Å². The summed E-state index contributed by atoms with van der Waals surface area (Å²) >= 11 is 0. The predicted molar refractivity (Wildman–Crippen MR) is 80.4 cm³/mol. The van der Waals surface area contributed by atoms with Gasteiger partial charge in [-0.05, 0) is 18.4 Å². The highest BCUT2D eigenvalue weighted by molar-refractivity contribution is 5.87. The van der Waals surface area contributed by atoms with Crippen molar-refractivity contribution in [3.05, 3.63) is 35.9 Å². The number of nitrogens with two attached hydrogens (primary N) is 1. The zero-order chi connectivity index (χ0) is 15.7. The summed E-state index contributed by atoms with van der Waals surface area (Å²) in [5.74, 6) is -0.779. The van der Waals surface area contributed by atoms with Crippen LogP contribution in [0.5, 0.6) is 0 Å². The third-order valence-electron chi connectivity index (χ3n) is 3.27. The van der Waals surface area contributed by atoms with E-state index in [1.807, 2.05) is 30.3 Å². The minimum absolute atomic E-state index is 0.0554. The first-order valence-electron chi connectivity index (χ1n) is 7.17. The molecule has 1 rings (SSSR count). The van der Waals surface area contributed by atoms with Gasteiger partial charge in [0, 0.05) is 19.3 Å². The minimum Gasteiger partial charge on any atom is -0.368 e. The molecule has 0 bridgehead atoms. The van der Waals surface area contributed by atoms with Crippen molar-refractivity contribution in [3.8, 4) is 0 Å². The largest absolute Gasteiger partial charge is 0.368 e. The SMILES string of the molecule is CCC(=O)CC[C@@H](NC(=O)CCc1ccccc1)C(N)=O. The van der Waals surface area contributed by atoms with E-state index >= 15 is 0 Å². The number of Topliss-reactive ketones (excluding diaryl/α,β-unsaturated/α-hetero) is 1. The smallest absolute Gasteiger partial charge is 0.240 e. The van der Waals surface area contributed by atoms with E-state index in [1.54, 1.807) is 6.92 Å². The second-order valence-electron chi connectivity index (χ2n) is 4.94. The Bertz CT molecular complexity index is 486. The molecule has 1 atom stereocenters. The van der Waals surface area contributed by atoms with Gasteiger partial charge in [0.1, 0.15) is 11.8 Å². The van der Waals surface area contributed by atoms with E-state index in [0.29, 0.717) is 12.8 Å². The number of carbonyl (C=O) groups is 3. The summed E-state index contributed by atoms with van der Waals surface area (Å²) in [6.45, 7) is 1.76. The maximum atomic E-state index is 11.8. The van der Waals surface area contributed by atoms with Crippen LogP contribution in [0.15, 0.2) is 30.3 Å². The van der Waals surface area contributed by atoms with Crippen molar-refractivity contribution in [2.24, 2.45) is 5.73 Å². The molecule has 0 aliphatic carbocycles. The number of nitrogens with one attached hydrogen (secondary N) is 1.